The van der Waals surface area contributed by atoms with Crippen LogP contribution in [0.5, 0.6) is 0 Å². The van der Waals surface area contributed by atoms with Crippen molar-refractivity contribution in [1.29, 1.82) is 10.5 Å². The van der Waals surface area contributed by atoms with Crippen molar-refractivity contribution in [3.05, 3.63) is 82.0 Å². The zero-order valence-corrected chi connectivity index (χ0v) is 14.1. The topological polar surface area (TPSA) is 60.7 Å². The number of nitriles is 2. The highest BCUT2D eigenvalue weighted by molar-refractivity contribution is 9.10. The van der Waals surface area contributed by atoms with Crippen LogP contribution >= 0.6 is 15.9 Å². The van der Waals surface area contributed by atoms with E-state index in [1.54, 1.807) is 30.3 Å². The Labute approximate surface area is 148 Å². The lowest BCUT2D eigenvalue weighted by molar-refractivity contribution is 0.572. The predicted molar refractivity (Wildman–Crippen MR) is 96.5 cm³/mol. The Kier molecular flexibility index (Phi) is 4.61. The number of halogens is 1. The molecule has 0 radical (unpaired) electrons. The van der Waals surface area contributed by atoms with E-state index in [0.29, 0.717) is 16.9 Å². The summed E-state index contributed by atoms with van der Waals surface area (Å²) in [6.45, 7) is 0. The van der Waals surface area contributed by atoms with Gasteiger partial charge in [-0.05, 0) is 48.0 Å². The summed E-state index contributed by atoms with van der Waals surface area (Å²) in [7, 11) is 0. The largest absolute Gasteiger partial charge is 0.457 e. The molecule has 0 atom stereocenters. The summed E-state index contributed by atoms with van der Waals surface area (Å²) in [6.07, 6.45) is 1.70. The SMILES string of the molecule is N#C/C(=C/c1ccc(-c2ccc(Br)cc2)o1)c1ccc(C#N)cc1. The molecule has 0 fully saturated rings. The van der Waals surface area contributed by atoms with E-state index < -0.39 is 0 Å². The molecule has 0 aliphatic heterocycles. The average molecular weight is 375 g/mol. The van der Waals surface area contributed by atoms with E-state index >= 15 is 0 Å². The van der Waals surface area contributed by atoms with Crippen LogP contribution in [0.4, 0.5) is 0 Å². The lowest BCUT2D eigenvalue weighted by Gasteiger charge is -1.99. The van der Waals surface area contributed by atoms with Crippen LogP contribution in [-0.4, -0.2) is 0 Å². The van der Waals surface area contributed by atoms with Gasteiger partial charge in [0.25, 0.3) is 0 Å². The van der Waals surface area contributed by atoms with Crippen molar-refractivity contribution in [2.45, 2.75) is 0 Å². The fourth-order valence-electron chi connectivity index (χ4n) is 2.25. The lowest BCUT2D eigenvalue weighted by atomic mass is 10.0. The summed E-state index contributed by atoms with van der Waals surface area (Å²) >= 11 is 3.41. The zero-order valence-electron chi connectivity index (χ0n) is 12.5. The highest BCUT2D eigenvalue weighted by Crippen LogP contribution is 2.26. The Hall–Kier alpha value is -3.08. The van der Waals surface area contributed by atoms with Crippen LogP contribution in [0.2, 0.25) is 0 Å². The highest BCUT2D eigenvalue weighted by atomic mass is 79.9. The van der Waals surface area contributed by atoms with Crippen LogP contribution < -0.4 is 0 Å². The molecular formula is C20H11BrN2O. The first-order valence-corrected chi connectivity index (χ1v) is 7.97. The van der Waals surface area contributed by atoms with E-state index in [1.165, 1.54) is 0 Å². The van der Waals surface area contributed by atoms with Crippen molar-refractivity contribution in [2.24, 2.45) is 0 Å². The summed E-state index contributed by atoms with van der Waals surface area (Å²) in [4.78, 5) is 0. The number of hydrogen-bond acceptors (Lipinski definition) is 3. The number of hydrogen-bond donors (Lipinski definition) is 0. The number of allylic oxidation sites excluding steroid dienone is 1. The van der Waals surface area contributed by atoms with Gasteiger partial charge >= 0.3 is 0 Å². The maximum atomic E-state index is 9.39. The Balaban J connectivity index is 1.90. The van der Waals surface area contributed by atoms with Gasteiger partial charge in [0.1, 0.15) is 11.5 Å². The normalized spacial score (nSPS) is 10.9. The van der Waals surface area contributed by atoms with Gasteiger partial charge in [0.05, 0.1) is 23.3 Å². The first-order chi connectivity index (χ1) is 11.7. The van der Waals surface area contributed by atoms with E-state index in [-0.39, 0.29) is 0 Å². The third-order valence-corrected chi connectivity index (χ3v) is 4.02. The van der Waals surface area contributed by atoms with Gasteiger partial charge in [0.2, 0.25) is 0 Å². The van der Waals surface area contributed by atoms with Crippen LogP contribution in [-0.2, 0) is 0 Å². The average Bonchev–Trinajstić information content (AvgIpc) is 3.09. The molecule has 0 amide bonds. The van der Waals surface area contributed by atoms with Crippen molar-refractivity contribution in [3.63, 3.8) is 0 Å². The molecule has 3 rings (SSSR count). The van der Waals surface area contributed by atoms with Crippen molar-refractivity contribution in [3.8, 4) is 23.5 Å². The number of benzene rings is 2. The number of furan rings is 1. The summed E-state index contributed by atoms with van der Waals surface area (Å²) in [6, 6.07) is 22.7. The molecule has 24 heavy (non-hydrogen) atoms. The summed E-state index contributed by atoms with van der Waals surface area (Å²) in [5.74, 6) is 1.35. The second kappa shape index (κ2) is 7.00. The fourth-order valence-corrected chi connectivity index (χ4v) is 2.51. The Bertz CT molecular complexity index is 968. The van der Waals surface area contributed by atoms with Gasteiger partial charge in [-0.15, -0.1) is 0 Å². The second-order valence-electron chi connectivity index (χ2n) is 5.07. The maximum Gasteiger partial charge on any atom is 0.134 e. The third-order valence-electron chi connectivity index (χ3n) is 3.49. The molecule has 114 valence electrons. The Morgan fingerprint density at radius 2 is 1.62 bits per heavy atom. The lowest BCUT2D eigenvalue weighted by Crippen LogP contribution is -1.82. The van der Waals surface area contributed by atoms with Crippen molar-refractivity contribution in [1.82, 2.24) is 0 Å². The predicted octanol–water partition coefficient (Wildman–Crippen LogP) is 5.64. The van der Waals surface area contributed by atoms with Crippen molar-refractivity contribution < 1.29 is 4.42 Å². The molecule has 0 saturated heterocycles. The molecule has 0 aliphatic rings. The number of rotatable bonds is 3. The van der Waals surface area contributed by atoms with Crippen LogP contribution in [0.15, 0.2) is 69.6 Å². The van der Waals surface area contributed by atoms with Crippen LogP contribution in [0, 0.1) is 22.7 Å². The molecule has 0 N–H and O–H groups in total. The molecule has 3 nitrogen and oxygen atoms in total. The third kappa shape index (κ3) is 3.46. The quantitative estimate of drug-likeness (QED) is 0.556. The zero-order chi connectivity index (χ0) is 16.9. The monoisotopic (exact) mass is 374 g/mol. The molecule has 0 bridgehead atoms. The summed E-state index contributed by atoms with van der Waals surface area (Å²) < 4.78 is 6.82. The van der Waals surface area contributed by atoms with E-state index in [0.717, 1.165) is 21.4 Å². The summed E-state index contributed by atoms with van der Waals surface area (Å²) in [5.41, 5.74) is 2.76. The highest BCUT2D eigenvalue weighted by Gasteiger charge is 2.06. The number of nitrogens with zero attached hydrogens (tertiary/aromatic N) is 2. The van der Waals surface area contributed by atoms with E-state index in [1.807, 2.05) is 36.4 Å². The van der Waals surface area contributed by atoms with Gasteiger partial charge in [-0.25, -0.2) is 0 Å². The van der Waals surface area contributed by atoms with Gasteiger partial charge in [0.15, 0.2) is 0 Å². The van der Waals surface area contributed by atoms with E-state index in [4.69, 9.17) is 9.68 Å². The molecule has 1 aromatic heterocycles. The second-order valence-corrected chi connectivity index (χ2v) is 5.98. The van der Waals surface area contributed by atoms with Gasteiger partial charge in [-0.3, -0.25) is 0 Å². The van der Waals surface area contributed by atoms with Gasteiger partial charge in [-0.2, -0.15) is 10.5 Å². The first kappa shape index (κ1) is 15.8. The van der Waals surface area contributed by atoms with Gasteiger partial charge in [-0.1, -0.05) is 40.2 Å². The van der Waals surface area contributed by atoms with Crippen LogP contribution in [0.3, 0.4) is 0 Å². The molecular weight excluding hydrogens is 364 g/mol. The molecule has 3 aromatic rings. The van der Waals surface area contributed by atoms with E-state index in [2.05, 4.69) is 28.1 Å². The Morgan fingerprint density at radius 3 is 2.25 bits per heavy atom. The maximum absolute atomic E-state index is 9.39. The molecule has 0 unspecified atom stereocenters. The molecule has 1 heterocycles. The first-order valence-electron chi connectivity index (χ1n) is 7.18. The van der Waals surface area contributed by atoms with Crippen LogP contribution in [0.25, 0.3) is 23.0 Å². The molecule has 2 aromatic carbocycles. The minimum atomic E-state index is 0.483. The van der Waals surface area contributed by atoms with E-state index in [9.17, 15) is 5.26 Å². The van der Waals surface area contributed by atoms with Gasteiger partial charge < -0.3 is 4.42 Å². The summed E-state index contributed by atoms with van der Waals surface area (Å²) in [5, 5.41) is 18.2. The van der Waals surface area contributed by atoms with Crippen molar-refractivity contribution in [2.75, 3.05) is 0 Å². The molecule has 0 spiro atoms. The smallest absolute Gasteiger partial charge is 0.134 e. The van der Waals surface area contributed by atoms with Crippen molar-refractivity contribution >= 4 is 27.6 Å². The minimum absolute atomic E-state index is 0.483. The Morgan fingerprint density at radius 1 is 0.917 bits per heavy atom. The minimum Gasteiger partial charge on any atom is -0.457 e. The van der Waals surface area contributed by atoms with Crippen LogP contribution in [0.1, 0.15) is 16.9 Å². The molecule has 0 saturated carbocycles. The standard InChI is InChI=1S/C20H11BrN2O/c21-18-7-5-16(6-8-18)20-10-9-19(24-20)11-17(13-23)15-3-1-14(12-22)2-4-15/h1-11H/b17-11-. The fraction of sp³-hybridized carbons (Fsp3) is 0. The van der Waals surface area contributed by atoms with Gasteiger partial charge in [0, 0.05) is 10.0 Å². The molecule has 0 aliphatic carbocycles. The molecule has 4 heteroatoms.